The molecule has 0 unspecified atom stereocenters. The van der Waals surface area contributed by atoms with Crippen LogP contribution < -0.4 is 0 Å². The molecule has 0 saturated heterocycles. The summed E-state index contributed by atoms with van der Waals surface area (Å²) in [5.41, 5.74) is 0. The summed E-state index contributed by atoms with van der Waals surface area (Å²) in [6.07, 6.45) is 1.80. The van der Waals surface area contributed by atoms with Gasteiger partial charge in [0.15, 0.2) is 0 Å². The van der Waals surface area contributed by atoms with Crippen molar-refractivity contribution in [3.05, 3.63) is 5.82 Å². The third-order valence-corrected chi connectivity index (χ3v) is 2.59. The van der Waals surface area contributed by atoms with Gasteiger partial charge in [-0.15, -0.1) is 10.2 Å². The van der Waals surface area contributed by atoms with Gasteiger partial charge in [0.2, 0.25) is 15.0 Å². The minimum Gasteiger partial charge on any atom is -0.305 e. The molecule has 12 heavy (non-hydrogen) atoms. The Bertz CT molecular complexity index is 379. The molecule has 0 aliphatic rings. The first-order chi connectivity index (χ1) is 5.46. The topological polar surface area (TPSA) is 64.8 Å². The molecule has 1 aromatic heterocycles. The molecular formula is C6H11N3O2S. The van der Waals surface area contributed by atoms with E-state index in [2.05, 4.69) is 10.2 Å². The van der Waals surface area contributed by atoms with E-state index < -0.39 is 9.84 Å². The lowest BCUT2D eigenvalue weighted by molar-refractivity contribution is 0.582. The van der Waals surface area contributed by atoms with E-state index in [1.54, 1.807) is 7.05 Å². The van der Waals surface area contributed by atoms with Crippen LogP contribution in [0.15, 0.2) is 5.16 Å². The van der Waals surface area contributed by atoms with Crippen LogP contribution >= 0.6 is 0 Å². The number of rotatable bonds is 2. The highest BCUT2D eigenvalue weighted by Gasteiger charge is 2.16. The molecule has 0 bridgehead atoms. The lowest BCUT2D eigenvalue weighted by Crippen LogP contribution is -2.07. The second kappa shape index (κ2) is 2.85. The molecule has 1 rings (SSSR count). The maximum Gasteiger partial charge on any atom is 0.249 e. The first-order valence-corrected chi connectivity index (χ1v) is 5.44. The van der Waals surface area contributed by atoms with Crippen LogP contribution in [-0.2, 0) is 23.3 Å². The summed E-state index contributed by atoms with van der Waals surface area (Å²) in [7, 11) is -1.59. The molecule has 0 N–H and O–H groups in total. The highest BCUT2D eigenvalue weighted by atomic mass is 32.2. The fourth-order valence-corrected chi connectivity index (χ4v) is 1.77. The molecule has 0 fully saturated rings. The van der Waals surface area contributed by atoms with Gasteiger partial charge in [-0.2, -0.15) is 0 Å². The number of nitrogens with zero attached hydrogens (tertiary/aromatic N) is 3. The average Bonchev–Trinajstić information content (AvgIpc) is 2.29. The third kappa shape index (κ3) is 1.47. The van der Waals surface area contributed by atoms with Crippen LogP contribution in [0.4, 0.5) is 0 Å². The molecule has 0 atom stereocenters. The van der Waals surface area contributed by atoms with Gasteiger partial charge in [-0.3, -0.25) is 0 Å². The summed E-state index contributed by atoms with van der Waals surface area (Å²) in [4.78, 5) is 0. The number of hydrogen-bond acceptors (Lipinski definition) is 4. The fraction of sp³-hybridized carbons (Fsp3) is 0.667. The number of aryl methyl sites for hydroxylation is 1. The van der Waals surface area contributed by atoms with Crippen LogP contribution in [0, 0.1) is 0 Å². The Labute approximate surface area is 71.3 Å². The summed E-state index contributed by atoms with van der Waals surface area (Å²) in [6, 6.07) is 0. The van der Waals surface area contributed by atoms with Crippen molar-refractivity contribution in [1.29, 1.82) is 0 Å². The van der Waals surface area contributed by atoms with E-state index in [4.69, 9.17) is 0 Å². The Morgan fingerprint density at radius 3 is 2.25 bits per heavy atom. The highest BCUT2D eigenvalue weighted by molar-refractivity contribution is 7.90. The molecule has 6 heteroatoms. The molecule has 0 saturated carbocycles. The van der Waals surface area contributed by atoms with E-state index in [1.807, 2.05) is 6.92 Å². The van der Waals surface area contributed by atoms with E-state index in [0.29, 0.717) is 12.2 Å². The summed E-state index contributed by atoms with van der Waals surface area (Å²) in [6.45, 7) is 1.90. The van der Waals surface area contributed by atoms with Crippen LogP contribution in [0.25, 0.3) is 0 Å². The van der Waals surface area contributed by atoms with E-state index in [-0.39, 0.29) is 5.16 Å². The molecule has 68 valence electrons. The standard InChI is InChI=1S/C6H11N3O2S/c1-4-5-7-8-6(9(5)2)12(3,10)11/h4H2,1-3H3. The molecule has 1 heterocycles. The zero-order chi connectivity index (χ0) is 9.35. The van der Waals surface area contributed by atoms with E-state index in [9.17, 15) is 8.42 Å². The fourth-order valence-electron chi connectivity index (χ4n) is 0.976. The maximum atomic E-state index is 11.1. The predicted octanol–water partition coefficient (Wildman–Crippen LogP) is -0.219. The van der Waals surface area contributed by atoms with Crippen molar-refractivity contribution in [3.63, 3.8) is 0 Å². The van der Waals surface area contributed by atoms with Crippen molar-refractivity contribution in [2.45, 2.75) is 18.5 Å². The third-order valence-electron chi connectivity index (χ3n) is 1.57. The second-order valence-electron chi connectivity index (χ2n) is 2.58. The molecule has 0 aliphatic carbocycles. The van der Waals surface area contributed by atoms with Crippen LogP contribution in [0.5, 0.6) is 0 Å². The zero-order valence-electron chi connectivity index (χ0n) is 7.27. The van der Waals surface area contributed by atoms with Crippen LogP contribution in [0.3, 0.4) is 0 Å². The Balaban J connectivity index is 3.30. The van der Waals surface area contributed by atoms with Gasteiger partial charge in [0.1, 0.15) is 5.82 Å². The highest BCUT2D eigenvalue weighted by Crippen LogP contribution is 2.05. The first kappa shape index (κ1) is 9.18. The maximum absolute atomic E-state index is 11.1. The quantitative estimate of drug-likeness (QED) is 0.645. The summed E-state index contributed by atoms with van der Waals surface area (Å²) < 4.78 is 23.6. The van der Waals surface area contributed by atoms with Gasteiger partial charge in [-0.05, 0) is 0 Å². The van der Waals surface area contributed by atoms with Crippen molar-refractivity contribution < 1.29 is 8.42 Å². The monoisotopic (exact) mass is 189 g/mol. The first-order valence-electron chi connectivity index (χ1n) is 3.55. The summed E-state index contributed by atoms with van der Waals surface area (Å²) >= 11 is 0. The summed E-state index contributed by atoms with van der Waals surface area (Å²) in [5, 5.41) is 7.34. The Hall–Kier alpha value is -0.910. The SMILES string of the molecule is CCc1nnc(S(C)(=O)=O)n1C. The lowest BCUT2D eigenvalue weighted by Gasteiger charge is -1.98. The lowest BCUT2D eigenvalue weighted by atomic mass is 10.5. The average molecular weight is 189 g/mol. The predicted molar refractivity (Wildman–Crippen MR) is 43.5 cm³/mol. The molecule has 0 radical (unpaired) electrons. The smallest absolute Gasteiger partial charge is 0.249 e. The molecule has 5 nitrogen and oxygen atoms in total. The van der Waals surface area contributed by atoms with E-state index in [0.717, 1.165) is 6.26 Å². The van der Waals surface area contributed by atoms with Crippen LogP contribution in [0.2, 0.25) is 0 Å². The molecular weight excluding hydrogens is 178 g/mol. The van der Waals surface area contributed by atoms with Crippen molar-refractivity contribution in [3.8, 4) is 0 Å². The van der Waals surface area contributed by atoms with Gasteiger partial charge in [-0.1, -0.05) is 6.92 Å². The molecule has 0 aliphatic heterocycles. The number of hydrogen-bond donors (Lipinski definition) is 0. The largest absolute Gasteiger partial charge is 0.305 e. The molecule has 0 amide bonds. The van der Waals surface area contributed by atoms with Crippen molar-refractivity contribution in [1.82, 2.24) is 14.8 Å². The van der Waals surface area contributed by atoms with Gasteiger partial charge in [0.05, 0.1) is 0 Å². The minimum absolute atomic E-state index is 0.0272. The molecule has 0 spiro atoms. The van der Waals surface area contributed by atoms with Gasteiger partial charge >= 0.3 is 0 Å². The summed E-state index contributed by atoms with van der Waals surface area (Å²) in [5.74, 6) is 0.676. The van der Waals surface area contributed by atoms with Gasteiger partial charge in [-0.25, -0.2) is 8.42 Å². The Kier molecular flexibility index (Phi) is 2.18. The molecule has 1 aromatic rings. The van der Waals surface area contributed by atoms with Crippen molar-refractivity contribution >= 4 is 9.84 Å². The van der Waals surface area contributed by atoms with E-state index in [1.165, 1.54) is 4.57 Å². The van der Waals surface area contributed by atoms with Crippen LogP contribution in [-0.4, -0.2) is 29.4 Å². The minimum atomic E-state index is -3.23. The second-order valence-corrected chi connectivity index (χ2v) is 4.49. The van der Waals surface area contributed by atoms with Crippen LogP contribution in [0.1, 0.15) is 12.7 Å². The Morgan fingerprint density at radius 1 is 1.42 bits per heavy atom. The van der Waals surface area contributed by atoms with Gasteiger partial charge in [0, 0.05) is 19.7 Å². The van der Waals surface area contributed by atoms with Crippen molar-refractivity contribution in [2.75, 3.05) is 6.26 Å². The molecule has 0 aromatic carbocycles. The van der Waals surface area contributed by atoms with E-state index >= 15 is 0 Å². The van der Waals surface area contributed by atoms with Gasteiger partial charge in [0.25, 0.3) is 0 Å². The van der Waals surface area contributed by atoms with Gasteiger partial charge < -0.3 is 4.57 Å². The normalized spacial score (nSPS) is 11.9. The van der Waals surface area contributed by atoms with Crippen molar-refractivity contribution in [2.24, 2.45) is 7.05 Å². The number of aromatic nitrogens is 3. The Morgan fingerprint density at radius 2 is 2.00 bits per heavy atom. The number of sulfone groups is 1. The zero-order valence-corrected chi connectivity index (χ0v) is 8.09.